The molecule has 0 aliphatic heterocycles. The zero-order valence-corrected chi connectivity index (χ0v) is 18.8. The highest BCUT2D eigenvalue weighted by molar-refractivity contribution is 7.13. The lowest BCUT2D eigenvalue weighted by Crippen LogP contribution is -2.17. The number of aryl methyl sites for hydroxylation is 2. The average molecular weight is 438 g/mol. The molecule has 0 saturated heterocycles. The fourth-order valence-corrected chi connectivity index (χ4v) is 4.91. The van der Waals surface area contributed by atoms with Crippen molar-refractivity contribution < 1.29 is 0 Å². The summed E-state index contributed by atoms with van der Waals surface area (Å²) < 4.78 is 1.65. The van der Waals surface area contributed by atoms with E-state index < -0.39 is 0 Å². The number of benzene rings is 2. The standard InChI is InChI=1S/C27H23N3OS/c1-17-12-24(32-16-17)23-15-30(2)27(31)22-13-21(19-6-4-3-5-7-19)25(29-26(22)23)20-10-8-18(14-28)9-11-20/h3-13,15-16H,14,28H2,1-2H3. The molecule has 0 aliphatic rings. The van der Waals surface area contributed by atoms with E-state index in [0.29, 0.717) is 11.9 Å². The van der Waals surface area contributed by atoms with Crippen LogP contribution in [0.2, 0.25) is 0 Å². The first-order valence-corrected chi connectivity index (χ1v) is 11.4. The van der Waals surface area contributed by atoms with Gasteiger partial charge in [0.2, 0.25) is 0 Å². The minimum absolute atomic E-state index is 0.0493. The highest BCUT2D eigenvalue weighted by atomic mass is 32.1. The van der Waals surface area contributed by atoms with Gasteiger partial charge < -0.3 is 10.3 Å². The molecule has 32 heavy (non-hydrogen) atoms. The summed E-state index contributed by atoms with van der Waals surface area (Å²) in [6.45, 7) is 2.57. The Hall–Kier alpha value is -3.54. The van der Waals surface area contributed by atoms with Gasteiger partial charge in [-0.3, -0.25) is 4.79 Å². The maximum atomic E-state index is 13.1. The summed E-state index contributed by atoms with van der Waals surface area (Å²) in [7, 11) is 1.80. The van der Waals surface area contributed by atoms with Crippen molar-refractivity contribution in [1.82, 2.24) is 9.55 Å². The minimum Gasteiger partial charge on any atom is -0.326 e. The Balaban J connectivity index is 1.87. The lowest BCUT2D eigenvalue weighted by molar-refractivity contribution is 0.874. The van der Waals surface area contributed by atoms with E-state index in [9.17, 15) is 4.79 Å². The van der Waals surface area contributed by atoms with E-state index in [1.54, 1.807) is 23.0 Å². The molecule has 5 aromatic rings. The van der Waals surface area contributed by atoms with Gasteiger partial charge in [-0.1, -0.05) is 54.6 Å². The zero-order chi connectivity index (χ0) is 22.2. The fourth-order valence-electron chi connectivity index (χ4n) is 3.99. The molecule has 0 atom stereocenters. The molecule has 0 unspecified atom stereocenters. The number of nitrogens with zero attached hydrogens (tertiary/aromatic N) is 2. The Bertz CT molecular complexity index is 1480. The lowest BCUT2D eigenvalue weighted by Gasteiger charge is -2.14. The van der Waals surface area contributed by atoms with Crippen molar-refractivity contribution in [1.29, 1.82) is 0 Å². The summed E-state index contributed by atoms with van der Waals surface area (Å²) in [6, 6.07) is 22.4. The van der Waals surface area contributed by atoms with Crippen LogP contribution in [0.25, 0.3) is 43.7 Å². The van der Waals surface area contributed by atoms with E-state index in [4.69, 9.17) is 10.7 Å². The first-order chi connectivity index (χ1) is 15.5. The van der Waals surface area contributed by atoms with Gasteiger partial charge in [0.15, 0.2) is 0 Å². The molecule has 3 heterocycles. The summed E-state index contributed by atoms with van der Waals surface area (Å²) in [5.74, 6) is 0. The van der Waals surface area contributed by atoms with Gasteiger partial charge in [0.05, 0.1) is 16.6 Å². The first kappa shape index (κ1) is 20.4. The van der Waals surface area contributed by atoms with Crippen molar-refractivity contribution in [2.45, 2.75) is 13.5 Å². The van der Waals surface area contributed by atoms with Crippen LogP contribution in [0.1, 0.15) is 11.1 Å². The molecule has 0 radical (unpaired) electrons. The van der Waals surface area contributed by atoms with Crippen LogP contribution in [0, 0.1) is 6.92 Å². The van der Waals surface area contributed by atoms with E-state index in [1.807, 2.05) is 42.6 Å². The molecule has 0 fully saturated rings. The van der Waals surface area contributed by atoms with Crippen LogP contribution in [0.15, 0.2) is 83.1 Å². The zero-order valence-electron chi connectivity index (χ0n) is 18.0. The molecular weight excluding hydrogens is 414 g/mol. The molecule has 0 spiro atoms. The smallest absolute Gasteiger partial charge is 0.259 e. The Labute approximate surface area is 190 Å². The number of aromatic nitrogens is 2. The normalized spacial score (nSPS) is 11.2. The second-order valence-electron chi connectivity index (χ2n) is 7.99. The number of pyridine rings is 2. The average Bonchev–Trinajstić information content (AvgIpc) is 3.27. The van der Waals surface area contributed by atoms with Crippen molar-refractivity contribution in [2.75, 3.05) is 0 Å². The minimum atomic E-state index is -0.0493. The summed E-state index contributed by atoms with van der Waals surface area (Å²) in [5, 5.41) is 2.74. The first-order valence-electron chi connectivity index (χ1n) is 10.5. The molecule has 3 aromatic heterocycles. The molecule has 5 rings (SSSR count). The summed E-state index contributed by atoms with van der Waals surface area (Å²) in [4.78, 5) is 19.4. The van der Waals surface area contributed by atoms with Gasteiger partial charge in [0.25, 0.3) is 5.56 Å². The largest absolute Gasteiger partial charge is 0.326 e. The maximum Gasteiger partial charge on any atom is 0.259 e. The third-order valence-corrected chi connectivity index (χ3v) is 6.78. The van der Waals surface area contributed by atoms with E-state index >= 15 is 0 Å². The summed E-state index contributed by atoms with van der Waals surface area (Å²) in [6.07, 6.45) is 1.90. The molecule has 5 heteroatoms. The number of nitrogens with two attached hydrogens (primary N) is 1. The third kappa shape index (κ3) is 3.55. The lowest BCUT2D eigenvalue weighted by atomic mass is 9.96. The van der Waals surface area contributed by atoms with Crippen molar-refractivity contribution >= 4 is 22.2 Å². The Morgan fingerprint density at radius 3 is 2.38 bits per heavy atom. The predicted octanol–water partition coefficient (Wildman–Crippen LogP) is 5.76. The number of fused-ring (bicyclic) bond motifs is 1. The fraction of sp³-hybridized carbons (Fsp3) is 0.111. The van der Waals surface area contributed by atoms with E-state index in [2.05, 4.69) is 42.6 Å². The summed E-state index contributed by atoms with van der Waals surface area (Å²) >= 11 is 1.67. The van der Waals surface area contributed by atoms with Crippen molar-refractivity contribution in [3.8, 4) is 32.8 Å². The van der Waals surface area contributed by atoms with E-state index in [1.165, 1.54) is 5.56 Å². The number of thiophene rings is 1. The molecule has 0 aliphatic carbocycles. The highest BCUT2D eigenvalue weighted by Crippen LogP contribution is 2.37. The second kappa shape index (κ2) is 8.19. The van der Waals surface area contributed by atoms with E-state index in [-0.39, 0.29) is 5.56 Å². The van der Waals surface area contributed by atoms with Gasteiger partial charge in [-0.25, -0.2) is 4.98 Å². The van der Waals surface area contributed by atoms with Crippen LogP contribution in [-0.2, 0) is 13.6 Å². The number of rotatable bonds is 4. The van der Waals surface area contributed by atoms with E-state index in [0.717, 1.165) is 43.9 Å². The monoisotopic (exact) mass is 437 g/mol. The third-order valence-electron chi connectivity index (χ3n) is 5.70. The topological polar surface area (TPSA) is 60.9 Å². The van der Waals surface area contributed by atoms with Gasteiger partial charge in [0, 0.05) is 41.4 Å². The van der Waals surface area contributed by atoms with Gasteiger partial charge in [-0.15, -0.1) is 11.3 Å². The quantitative estimate of drug-likeness (QED) is 0.389. The van der Waals surface area contributed by atoms with Crippen LogP contribution in [0.5, 0.6) is 0 Å². The van der Waals surface area contributed by atoms with Crippen LogP contribution < -0.4 is 11.3 Å². The second-order valence-corrected chi connectivity index (χ2v) is 8.91. The predicted molar refractivity (Wildman–Crippen MR) is 134 cm³/mol. The SMILES string of the molecule is Cc1csc(-c2cn(C)c(=O)c3cc(-c4ccccc4)c(-c4ccc(CN)cc4)nc23)c1. The van der Waals surface area contributed by atoms with Crippen molar-refractivity contribution in [3.05, 3.63) is 99.8 Å². The van der Waals surface area contributed by atoms with Gasteiger partial charge in [0.1, 0.15) is 0 Å². The van der Waals surface area contributed by atoms with Gasteiger partial charge >= 0.3 is 0 Å². The van der Waals surface area contributed by atoms with Crippen LogP contribution in [-0.4, -0.2) is 9.55 Å². The molecule has 0 saturated carbocycles. The van der Waals surface area contributed by atoms with Crippen molar-refractivity contribution in [2.24, 2.45) is 12.8 Å². The summed E-state index contributed by atoms with van der Waals surface area (Å²) in [5.41, 5.74) is 13.5. The maximum absolute atomic E-state index is 13.1. The Morgan fingerprint density at radius 1 is 0.969 bits per heavy atom. The van der Waals surface area contributed by atoms with Crippen molar-refractivity contribution in [3.63, 3.8) is 0 Å². The molecule has 4 nitrogen and oxygen atoms in total. The highest BCUT2D eigenvalue weighted by Gasteiger charge is 2.18. The van der Waals surface area contributed by atoms with Crippen LogP contribution >= 0.6 is 11.3 Å². The number of hydrogen-bond acceptors (Lipinski definition) is 4. The molecule has 0 amide bonds. The van der Waals surface area contributed by atoms with Crippen LogP contribution in [0.4, 0.5) is 0 Å². The van der Waals surface area contributed by atoms with Gasteiger partial charge in [-0.05, 0) is 41.1 Å². The molecule has 158 valence electrons. The number of hydrogen-bond donors (Lipinski definition) is 1. The molecule has 2 N–H and O–H groups in total. The Morgan fingerprint density at radius 2 is 1.72 bits per heavy atom. The van der Waals surface area contributed by atoms with Gasteiger partial charge in [-0.2, -0.15) is 0 Å². The Kier molecular flexibility index (Phi) is 5.21. The molecular formula is C27H23N3OS. The molecule has 2 aromatic carbocycles. The molecule has 0 bridgehead atoms. The van der Waals surface area contributed by atoms with Crippen LogP contribution in [0.3, 0.4) is 0 Å².